The molecule has 6 nitrogen and oxygen atoms in total. The van der Waals surface area contributed by atoms with Crippen molar-refractivity contribution in [2.75, 3.05) is 19.5 Å². The van der Waals surface area contributed by atoms with E-state index in [-0.39, 0.29) is 5.91 Å². The Morgan fingerprint density at radius 3 is 2.43 bits per heavy atom. The molecule has 0 saturated carbocycles. The van der Waals surface area contributed by atoms with E-state index in [1.165, 1.54) is 7.11 Å². The van der Waals surface area contributed by atoms with E-state index in [1.807, 2.05) is 30.3 Å². The van der Waals surface area contributed by atoms with Gasteiger partial charge in [-0.1, -0.05) is 36.4 Å². The normalized spacial score (nSPS) is 10.2. The van der Waals surface area contributed by atoms with Crippen molar-refractivity contribution in [2.24, 2.45) is 0 Å². The highest BCUT2D eigenvalue weighted by Crippen LogP contribution is 2.33. The highest BCUT2D eigenvalue weighted by molar-refractivity contribution is 6.04. The van der Waals surface area contributed by atoms with Gasteiger partial charge in [0.05, 0.1) is 32.3 Å². The molecule has 28 heavy (non-hydrogen) atoms. The average Bonchev–Trinajstić information content (AvgIpc) is 2.74. The first-order valence-corrected chi connectivity index (χ1v) is 8.71. The van der Waals surface area contributed by atoms with Gasteiger partial charge in [-0.15, -0.1) is 6.58 Å². The first-order valence-electron chi connectivity index (χ1n) is 8.71. The molecule has 1 aromatic heterocycles. The number of carbonyl (C=O) groups is 1. The Hall–Kier alpha value is -3.67. The molecule has 3 rings (SSSR count). The third-order valence-electron chi connectivity index (χ3n) is 4.12. The number of benzene rings is 2. The van der Waals surface area contributed by atoms with Crippen LogP contribution in [-0.4, -0.2) is 30.1 Å². The summed E-state index contributed by atoms with van der Waals surface area (Å²) in [6.45, 7) is 3.75. The van der Waals surface area contributed by atoms with Crippen LogP contribution in [0.2, 0.25) is 0 Å². The van der Waals surface area contributed by atoms with Gasteiger partial charge in [0.1, 0.15) is 0 Å². The lowest BCUT2D eigenvalue weighted by Gasteiger charge is -2.14. The quantitative estimate of drug-likeness (QED) is 0.628. The number of aromatic nitrogens is 2. The molecule has 0 aliphatic rings. The van der Waals surface area contributed by atoms with Crippen LogP contribution in [0.25, 0.3) is 11.4 Å². The first kappa shape index (κ1) is 19.1. The minimum atomic E-state index is -0.290. The van der Waals surface area contributed by atoms with Crippen LogP contribution in [0.3, 0.4) is 0 Å². The van der Waals surface area contributed by atoms with E-state index in [0.717, 1.165) is 11.1 Å². The smallest absolute Gasteiger partial charge is 0.255 e. The zero-order valence-electron chi connectivity index (χ0n) is 15.8. The van der Waals surface area contributed by atoms with Crippen LogP contribution in [0.4, 0.5) is 5.69 Å². The SMILES string of the molecule is C=CCc1cc(C(=O)Nc2cnc(-c3ccccc3)nc2)cc(OC)c1OC. The van der Waals surface area contributed by atoms with Crippen molar-refractivity contribution >= 4 is 11.6 Å². The maximum absolute atomic E-state index is 12.7. The third kappa shape index (κ3) is 4.17. The van der Waals surface area contributed by atoms with Gasteiger partial charge in [-0.05, 0) is 18.6 Å². The van der Waals surface area contributed by atoms with E-state index in [9.17, 15) is 4.79 Å². The molecule has 142 valence electrons. The van der Waals surface area contributed by atoms with Crippen LogP contribution in [0.1, 0.15) is 15.9 Å². The van der Waals surface area contributed by atoms with Crippen molar-refractivity contribution in [3.63, 3.8) is 0 Å². The summed E-state index contributed by atoms with van der Waals surface area (Å²) in [5, 5.41) is 2.81. The topological polar surface area (TPSA) is 73.3 Å². The Morgan fingerprint density at radius 2 is 1.82 bits per heavy atom. The summed E-state index contributed by atoms with van der Waals surface area (Å²) in [5.41, 5.74) is 2.68. The molecule has 0 bridgehead atoms. The zero-order valence-corrected chi connectivity index (χ0v) is 15.8. The Balaban J connectivity index is 1.82. The molecule has 1 heterocycles. The lowest BCUT2D eigenvalue weighted by atomic mass is 10.0. The molecule has 0 aliphatic heterocycles. The maximum atomic E-state index is 12.7. The Kier molecular flexibility index (Phi) is 6.01. The van der Waals surface area contributed by atoms with Gasteiger partial charge in [0.15, 0.2) is 17.3 Å². The summed E-state index contributed by atoms with van der Waals surface area (Å²) in [5.74, 6) is 1.39. The lowest BCUT2D eigenvalue weighted by Crippen LogP contribution is -2.13. The number of anilines is 1. The number of allylic oxidation sites excluding steroid dienone is 1. The van der Waals surface area contributed by atoms with Gasteiger partial charge in [0, 0.05) is 16.7 Å². The van der Waals surface area contributed by atoms with Gasteiger partial charge in [-0.25, -0.2) is 9.97 Å². The van der Waals surface area contributed by atoms with Gasteiger partial charge in [0.25, 0.3) is 5.91 Å². The number of methoxy groups -OCH3 is 2. The summed E-state index contributed by atoms with van der Waals surface area (Å²) < 4.78 is 10.8. The fourth-order valence-corrected chi connectivity index (χ4v) is 2.81. The van der Waals surface area contributed by atoms with Gasteiger partial charge < -0.3 is 14.8 Å². The van der Waals surface area contributed by atoms with Gasteiger partial charge in [-0.2, -0.15) is 0 Å². The number of rotatable bonds is 7. The standard InChI is InChI=1S/C22H21N3O3/c1-4-8-16-11-17(12-19(27-2)20(16)28-3)22(26)25-18-13-23-21(24-14-18)15-9-6-5-7-10-15/h4-7,9-14H,1,8H2,2-3H3,(H,25,26). The largest absolute Gasteiger partial charge is 0.493 e. The van der Waals surface area contributed by atoms with Crippen LogP contribution in [-0.2, 0) is 6.42 Å². The van der Waals surface area contributed by atoms with Crippen LogP contribution >= 0.6 is 0 Å². The van der Waals surface area contributed by atoms with Crippen molar-refractivity contribution in [1.82, 2.24) is 9.97 Å². The fourth-order valence-electron chi connectivity index (χ4n) is 2.81. The number of nitrogens with zero attached hydrogens (tertiary/aromatic N) is 2. The van der Waals surface area contributed by atoms with E-state index in [2.05, 4.69) is 21.9 Å². The first-order chi connectivity index (χ1) is 13.7. The minimum absolute atomic E-state index is 0.290. The van der Waals surface area contributed by atoms with Crippen LogP contribution in [0.15, 0.2) is 67.5 Å². The number of carbonyl (C=O) groups excluding carboxylic acids is 1. The molecule has 0 atom stereocenters. The molecule has 0 fully saturated rings. The predicted molar refractivity (Wildman–Crippen MR) is 109 cm³/mol. The Labute approximate surface area is 163 Å². The molecule has 0 spiro atoms. The van der Waals surface area contributed by atoms with Crippen molar-refractivity contribution < 1.29 is 14.3 Å². The molecule has 2 aromatic carbocycles. The van der Waals surface area contributed by atoms with Crippen LogP contribution in [0.5, 0.6) is 11.5 Å². The zero-order chi connectivity index (χ0) is 19.9. The Bertz CT molecular complexity index is 970. The summed E-state index contributed by atoms with van der Waals surface area (Å²) >= 11 is 0. The summed E-state index contributed by atoms with van der Waals surface area (Å²) in [6.07, 6.45) is 5.46. The van der Waals surface area contributed by atoms with E-state index >= 15 is 0 Å². The number of hydrogen-bond acceptors (Lipinski definition) is 5. The monoisotopic (exact) mass is 375 g/mol. The second-order valence-corrected chi connectivity index (χ2v) is 5.98. The second-order valence-electron chi connectivity index (χ2n) is 5.98. The van der Waals surface area contributed by atoms with Crippen molar-refractivity contribution in [2.45, 2.75) is 6.42 Å². The van der Waals surface area contributed by atoms with Gasteiger partial charge in [0.2, 0.25) is 0 Å². The summed E-state index contributed by atoms with van der Waals surface area (Å²) in [7, 11) is 3.10. The van der Waals surface area contributed by atoms with E-state index in [0.29, 0.717) is 35.0 Å². The number of hydrogen-bond donors (Lipinski definition) is 1. The van der Waals surface area contributed by atoms with Crippen LogP contribution < -0.4 is 14.8 Å². The maximum Gasteiger partial charge on any atom is 0.255 e. The minimum Gasteiger partial charge on any atom is -0.493 e. The van der Waals surface area contributed by atoms with E-state index in [1.54, 1.807) is 37.7 Å². The molecule has 1 amide bonds. The summed E-state index contributed by atoms with van der Waals surface area (Å²) in [6, 6.07) is 13.0. The molecule has 0 aliphatic carbocycles. The number of amides is 1. The Morgan fingerprint density at radius 1 is 1.11 bits per heavy atom. The molecule has 1 N–H and O–H groups in total. The number of ether oxygens (including phenoxy) is 2. The second kappa shape index (κ2) is 8.81. The van der Waals surface area contributed by atoms with E-state index in [4.69, 9.17) is 9.47 Å². The van der Waals surface area contributed by atoms with Gasteiger partial charge >= 0.3 is 0 Å². The molecule has 6 heteroatoms. The third-order valence-corrected chi connectivity index (χ3v) is 4.12. The van der Waals surface area contributed by atoms with E-state index < -0.39 is 0 Å². The fraction of sp³-hybridized carbons (Fsp3) is 0.136. The summed E-state index contributed by atoms with van der Waals surface area (Å²) in [4.78, 5) is 21.3. The van der Waals surface area contributed by atoms with Crippen molar-refractivity contribution in [3.05, 3.63) is 78.6 Å². The lowest BCUT2D eigenvalue weighted by molar-refractivity contribution is 0.102. The van der Waals surface area contributed by atoms with Crippen molar-refractivity contribution in [3.8, 4) is 22.9 Å². The molecule has 0 unspecified atom stereocenters. The van der Waals surface area contributed by atoms with Crippen molar-refractivity contribution in [1.29, 1.82) is 0 Å². The number of nitrogens with one attached hydrogen (secondary N) is 1. The molecule has 0 radical (unpaired) electrons. The average molecular weight is 375 g/mol. The molecular formula is C22H21N3O3. The highest BCUT2D eigenvalue weighted by atomic mass is 16.5. The molecule has 3 aromatic rings. The van der Waals surface area contributed by atoms with Crippen LogP contribution in [0, 0.1) is 0 Å². The predicted octanol–water partition coefficient (Wildman–Crippen LogP) is 4.14. The molecule has 0 saturated heterocycles. The molecular weight excluding hydrogens is 354 g/mol. The highest BCUT2D eigenvalue weighted by Gasteiger charge is 2.16. The van der Waals surface area contributed by atoms with Gasteiger partial charge in [-0.3, -0.25) is 4.79 Å².